The number of anilines is 2. The summed E-state index contributed by atoms with van der Waals surface area (Å²) < 4.78 is 0. The summed E-state index contributed by atoms with van der Waals surface area (Å²) in [6, 6.07) is 13.8. The van der Waals surface area contributed by atoms with E-state index >= 15 is 0 Å². The summed E-state index contributed by atoms with van der Waals surface area (Å²) in [6.45, 7) is 3.40. The molecule has 1 aliphatic rings. The minimum absolute atomic E-state index is 0.00416. The van der Waals surface area contributed by atoms with Crippen molar-refractivity contribution in [1.82, 2.24) is 19.9 Å². The fourth-order valence-corrected chi connectivity index (χ4v) is 3.20. The zero-order valence-corrected chi connectivity index (χ0v) is 15.5. The van der Waals surface area contributed by atoms with Crippen molar-refractivity contribution in [3.8, 4) is 0 Å². The SMILES string of the molecule is O=C(c1cncc(NCc2ccccc2)c1)N1CCN(c2ncccn2)CC1. The zero-order chi connectivity index (χ0) is 19.2. The average Bonchev–Trinajstić information content (AvgIpc) is 2.79. The van der Waals surface area contributed by atoms with Crippen LogP contribution in [0.15, 0.2) is 67.3 Å². The van der Waals surface area contributed by atoms with E-state index in [0.29, 0.717) is 31.1 Å². The number of aromatic nitrogens is 3. The molecule has 1 N–H and O–H groups in total. The van der Waals surface area contributed by atoms with Gasteiger partial charge in [0.1, 0.15) is 0 Å². The Morgan fingerprint density at radius 2 is 1.71 bits per heavy atom. The van der Waals surface area contributed by atoms with Crippen LogP contribution < -0.4 is 10.2 Å². The molecule has 3 aromatic rings. The number of nitrogens with zero attached hydrogens (tertiary/aromatic N) is 5. The molecule has 0 spiro atoms. The Bertz CT molecular complexity index is 910. The summed E-state index contributed by atoms with van der Waals surface area (Å²) in [4.78, 5) is 29.6. The number of amides is 1. The first-order valence-corrected chi connectivity index (χ1v) is 9.34. The monoisotopic (exact) mass is 374 g/mol. The van der Waals surface area contributed by atoms with Gasteiger partial charge < -0.3 is 15.1 Å². The lowest BCUT2D eigenvalue weighted by Crippen LogP contribution is -2.49. The Balaban J connectivity index is 1.36. The fourth-order valence-electron chi connectivity index (χ4n) is 3.20. The van der Waals surface area contributed by atoms with Gasteiger partial charge in [-0.15, -0.1) is 0 Å². The van der Waals surface area contributed by atoms with Crippen LogP contribution in [0.25, 0.3) is 0 Å². The first kappa shape index (κ1) is 17.9. The van der Waals surface area contributed by atoms with Crippen LogP contribution >= 0.6 is 0 Å². The maximum absolute atomic E-state index is 12.9. The third-order valence-corrected chi connectivity index (χ3v) is 4.73. The van der Waals surface area contributed by atoms with Crippen molar-refractivity contribution in [3.63, 3.8) is 0 Å². The van der Waals surface area contributed by atoms with Gasteiger partial charge in [0.15, 0.2) is 0 Å². The molecule has 4 rings (SSSR count). The van der Waals surface area contributed by atoms with Crippen LogP contribution in [0.1, 0.15) is 15.9 Å². The second-order valence-electron chi connectivity index (χ2n) is 6.63. The van der Waals surface area contributed by atoms with Gasteiger partial charge in [0.2, 0.25) is 5.95 Å². The van der Waals surface area contributed by atoms with Gasteiger partial charge in [0.25, 0.3) is 5.91 Å². The summed E-state index contributed by atoms with van der Waals surface area (Å²) in [5.74, 6) is 0.716. The fraction of sp³-hybridized carbons (Fsp3) is 0.238. The van der Waals surface area contributed by atoms with Crippen molar-refractivity contribution in [2.45, 2.75) is 6.54 Å². The highest BCUT2D eigenvalue weighted by atomic mass is 16.2. The van der Waals surface area contributed by atoms with E-state index in [1.165, 1.54) is 5.56 Å². The molecule has 0 aliphatic carbocycles. The van der Waals surface area contributed by atoms with Crippen LogP contribution in [0.4, 0.5) is 11.6 Å². The molecule has 1 amide bonds. The lowest BCUT2D eigenvalue weighted by molar-refractivity contribution is 0.0746. The summed E-state index contributed by atoms with van der Waals surface area (Å²) in [5, 5.41) is 3.33. The second kappa shape index (κ2) is 8.47. The number of benzene rings is 1. The maximum atomic E-state index is 12.9. The average molecular weight is 374 g/mol. The number of carbonyl (C=O) groups excluding carboxylic acids is 1. The first-order valence-electron chi connectivity index (χ1n) is 9.34. The van der Waals surface area contributed by atoms with E-state index in [0.717, 1.165) is 18.8 Å². The minimum Gasteiger partial charge on any atom is -0.380 e. The second-order valence-corrected chi connectivity index (χ2v) is 6.63. The van der Waals surface area contributed by atoms with Crippen molar-refractivity contribution < 1.29 is 4.79 Å². The Morgan fingerprint density at radius 3 is 2.46 bits per heavy atom. The van der Waals surface area contributed by atoms with Gasteiger partial charge in [-0.25, -0.2) is 9.97 Å². The Morgan fingerprint density at radius 1 is 0.964 bits per heavy atom. The topological polar surface area (TPSA) is 74.2 Å². The molecule has 3 heterocycles. The van der Waals surface area contributed by atoms with Crippen LogP contribution in [0.3, 0.4) is 0 Å². The van der Waals surface area contributed by atoms with E-state index < -0.39 is 0 Å². The molecule has 1 saturated heterocycles. The Labute approximate surface area is 164 Å². The van der Waals surface area contributed by atoms with Gasteiger partial charge in [-0.3, -0.25) is 9.78 Å². The molecule has 1 aliphatic heterocycles. The van der Waals surface area contributed by atoms with Gasteiger partial charge in [-0.1, -0.05) is 30.3 Å². The molecule has 0 saturated carbocycles. The summed E-state index contributed by atoms with van der Waals surface area (Å²) in [6.07, 6.45) is 6.84. The lowest BCUT2D eigenvalue weighted by atomic mass is 10.2. The molecule has 0 unspecified atom stereocenters. The lowest BCUT2D eigenvalue weighted by Gasteiger charge is -2.34. The number of pyridine rings is 1. The molecule has 28 heavy (non-hydrogen) atoms. The van der Waals surface area contributed by atoms with Gasteiger partial charge in [0, 0.05) is 57.5 Å². The normalized spacial score (nSPS) is 14.0. The quantitative estimate of drug-likeness (QED) is 0.739. The van der Waals surface area contributed by atoms with E-state index in [-0.39, 0.29) is 5.91 Å². The van der Waals surface area contributed by atoms with Crippen LogP contribution in [-0.2, 0) is 6.54 Å². The van der Waals surface area contributed by atoms with E-state index in [4.69, 9.17) is 0 Å². The van der Waals surface area contributed by atoms with Crippen LogP contribution in [0.2, 0.25) is 0 Å². The summed E-state index contributed by atoms with van der Waals surface area (Å²) in [5.41, 5.74) is 2.62. The predicted octanol–water partition coefficient (Wildman–Crippen LogP) is 2.45. The van der Waals surface area contributed by atoms with E-state index in [9.17, 15) is 4.79 Å². The van der Waals surface area contributed by atoms with Crippen molar-refractivity contribution in [1.29, 1.82) is 0 Å². The number of carbonyl (C=O) groups is 1. The number of hydrogen-bond donors (Lipinski definition) is 1. The van der Waals surface area contributed by atoms with Crippen molar-refractivity contribution in [2.75, 3.05) is 36.4 Å². The minimum atomic E-state index is 0.00416. The summed E-state index contributed by atoms with van der Waals surface area (Å²) in [7, 11) is 0. The molecule has 2 aromatic heterocycles. The standard InChI is InChI=1S/C21H22N6O/c28-20(26-9-11-27(12-10-26)21-23-7-4-8-24-21)18-13-19(16-22-15-18)25-14-17-5-2-1-3-6-17/h1-8,13,15-16,25H,9-12,14H2. The smallest absolute Gasteiger partial charge is 0.255 e. The number of rotatable bonds is 5. The third kappa shape index (κ3) is 4.25. The van der Waals surface area contributed by atoms with Crippen molar-refractivity contribution in [2.24, 2.45) is 0 Å². The summed E-state index contributed by atoms with van der Waals surface area (Å²) >= 11 is 0. The molecule has 0 atom stereocenters. The van der Waals surface area contributed by atoms with Crippen LogP contribution in [0.5, 0.6) is 0 Å². The molecular weight excluding hydrogens is 352 g/mol. The molecule has 1 aromatic carbocycles. The zero-order valence-electron chi connectivity index (χ0n) is 15.5. The highest BCUT2D eigenvalue weighted by molar-refractivity contribution is 5.94. The predicted molar refractivity (Wildman–Crippen MR) is 108 cm³/mol. The molecular formula is C21H22N6O. The number of piperazine rings is 1. The number of hydrogen-bond acceptors (Lipinski definition) is 6. The van der Waals surface area contributed by atoms with Crippen molar-refractivity contribution >= 4 is 17.5 Å². The third-order valence-electron chi connectivity index (χ3n) is 4.73. The van der Waals surface area contributed by atoms with E-state index in [2.05, 4.69) is 37.3 Å². The van der Waals surface area contributed by atoms with Crippen LogP contribution in [-0.4, -0.2) is 51.9 Å². The number of nitrogens with one attached hydrogen (secondary N) is 1. The maximum Gasteiger partial charge on any atom is 0.255 e. The molecule has 1 fully saturated rings. The first-order chi connectivity index (χ1) is 13.8. The van der Waals surface area contributed by atoms with Gasteiger partial charge in [-0.2, -0.15) is 0 Å². The molecule has 0 radical (unpaired) electrons. The van der Waals surface area contributed by atoms with E-state index in [1.54, 1.807) is 30.9 Å². The highest BCUT2D eigenvalue weighted by Gasteiger charge is 2.23. The molecule has 7 heteroatoms. The van der Waals surface area contributed by atoms with Gasteiger partial charge in [0.05, 0.1) is 11.3 Å². The molecule has 142 valence electrons. The molecule has 0 bridgehead atoms. The van der Waals surface area contributed by atoms with Gasteiger partial charge in [-0.05, 0) is 17.7 Å². The van der Waals surface area contributed by atoms with E-state index in [1.807, 2.05) is 29.2 Å². The largest absolute Gasteiger partial charge is 0.380 e. The molecule has 7 nitrogen and oxygen atoms in total. The Kier molecular flexibility index (Phi) is 5.42. The van der Waals surface area contributed by atoms with Crippen molar-refractivity contribution in [3.05, 3.63) is 78.4 Å². The van der Waals surface area contributed by atoms with Crippen LogP contribution in [0, 0.1) is 0 Å². The highest BCUT2D eigenvalue weighted by Crippen LogP contribution is 2.15. The Hall–Kier alpha value is -3.48. The van der Waals surface area contributed by atoms with Gasteiger partial charge >= 0.3 is 0 Å².